The molecule has 3 aromatic rings. The lowest BCUT2D eigenvalue weighted by atomic mass is 9.95. The van der Waals surface area contributed by atoms with Crippen molar-refractivity contribution < 1.29 is 9.90 Å². The molecular weight excluding hydrogens is 254 g/mol. The highest BCUT2D eigenvalue weighted by molar-refractivity contribution is 5.87. The number of aromatic nitrogens is 2. The first kappa shape index (κ1) is 11.3. The van der Waals surface area contributed by atoms with Gasteiger partial charge in [0.05, 0.1) is 22.6 Å². The normalized spacial score (nSPS) is 17.9. The van der Waals surface area contributed by atoms with Gasteiger partial charge in [-0.1, -0.05) is 12.1 Å². The number of anilines is 1. The smallest absolute Gasteiger partial charge is 0.308 e. The Hall–Kier alpha value is -2.56. The number of rotatable bonds is 1. The van der Waals surface area contributed by atoms with Gasteiger partial charge in [0.2, 0.25) is 0 Å². The maximum atomic E-state index is 11.1. The van der Waals surface area contributed by atoms with Crippen molar-refractivity contribution in [2.24, 2.45) is 5.92 Å². The molecule has 0 spiro atoms. The molecule has 0 fully saturated rings. The molecule has 0 radical (unpaired) electrons. The van der Waals surface area contributed by atoms with E-state index in [1.165, 1.54) is 0 Å². The summed E-state index contributed by atoms with van der Waals surface area (Å²) in [5.74, 6) is -1.12. The molecule has 5 nitrogen and oxygen atoms in total. The van der Waals surface area contributed by atoms with Gasteiger partial charge in [0.25, 0.3) is 0 Å². The van der Waals surface area contributed by atoms with Crippen molar-refractivity contribution >= 4 is 28.3 Å². The number of aliphatic carboxylic acids is 1. The molecule has 1 unspecified atom stereocenters. The molecule has 0 saturated carbocycles. The number of hydrogen-bond donors (Lipinski definition) is 2. The average molecular weight is 267 g/mol. The summed E-state index contributed by atoms with van der Waals surface area (Å²) in [5, 5.41) is 12.4. The van der Waals surface area contributed by atoms with Crippen LogP contribution < -0.4 is 5.32 Å². The molecule has 1 atom stereocenters. The number of para-hydroxylation sites is 2. The lowest BCUT2D eigenvalue weighted by molar-refractivity contribution is -0.141. The van der Waals surface area contributed by atoms with Crippen molar-refractivity contribution in [2.45, 2.75) is 6.42 Å². The number of hydrogen-bond acceptors (Lipinski definition) is 3. The van der Waals surface area contributed by atoms with E-state index in [1.54, 1.807) is 0 Å². The van der Waals surface area contributed by atoms with E-state index >= 15 is 0 Å². The Kier molecular flexibility index (Phi) is 2.24. The molecule has 5 heteroatoms. The van der Waals surface area contributed by atoms with Gasteiger partial charge < -0.3 is 10.4 Å². The quantitative estimate of drug-likeness (QED) is 0.709. The predicted octanol–water partition coefficient (Wildman–Crippen LogP) is 2.16. The summed E-state index contributed by atoms with van der Waals surface area (Å²) in [7, 11) is 0. The molecule has 0 aliphatic carbocycles. The van der Waals surface area contributed by atoms with E-state index in [0.717, 1.165) is 27.9 Å². The fourth-order valence-corrected chi connectivity index (χ4v) is 2.86. The van der Waals surface area contributed by atoms with Crippen LogP contribution in [0.25, 0.3) is 16.7 Å². The summed E-state index contributed by atoms with van der Waals surface area (Å²) >= 11 is 0. The van der Waals surface area contributed by atoms with Gasteiger partial charge in [-0.3, -0.25) is 9.20 Å². The number of fused-ring (bicyclic) bond motifs is 5. The van der Waals surface area contributed by atoms with Gasteiger partial charge in [0.15, 0.2) is 5.65 Å². The molecule has 2 N–H and O–H groups in total. The molecule has 100 valence electrons. The van der Waals surface area contributed by atoms with E-state index in [-0.39, 0.29) is 5.92 Å². The van der Waals surface area contributed by atoms with Crippen molar-refractivity contribution in [1.29, 1.82) is 0 Å². The highest BCUT2D eigenvalue weighted by Crippen LogP contribution is 2.30. The molecule has 0 bridgehead atoms. The molecule has 1 aromatic carbocycles. The van der Waals surface area contributed by atoms with Gasteiger partial charge in [0, 0.05) is 12.7 Å². The van der Waals surface area contributed by atoms with Gasteiger partial charge in [-0.2, -0.15) is 0 Å². The minimum Gasteiger partial charge on any atom is -0.481 e. The highest BCUT2D eigenvalue weighted by atomic mass is 16.4. The zero-order chi connectivity index (χ0) is 13.7. The van der Waals surface area contributed by atoms with Crippen LogP contribution in [-0.4, -0.2) is 27.0 Å². The second-order valence-electron chi connectivity index (χ2n) is 5.13. The standard InChI is InChI=1S/C15H13N3O2/c19-15(20)10-7-9-5-6-18-12-4-2-1-3-11(12)17-14(18)13(9)16-8-10/h1-6,10,16H,7-8H2,(H,19,20). The SMILES string of the molecule is O=C(O)C1CNc2c(ccn3c2nc2ccccc23)C1. The van der Waals surface area contributed by atoms with Crippen LogP contribution in [0.15, 0.2) is 36.5 Å². The lowest BCUT2D eigenvalue weighted by Gasteiger charge is -2.23. The summed E-state index contributed by atoms with van der Waals surface area (Å²) in [4.78, 5) is 15.8. The Morgan fingerprint density at radius 1 is 1.35 bits per heavy atom. The monoisotopic (exact) mass is 267 g/mol. The van der Waals surface area contributed by atoms with Crippen LogP contribution in [0.3, 0.4) is 0 Å². The van der Waals surface area contributed by atoms with Crippen LogP contribution in [-0.2, 0) is 11.2 Å². The predicted molar refractivity (Wildman–Crippen MR) is 76.0 cm³/mol. The minimum absolute atomic E-state index is 0.366. The number of nitrogens with one attached hydrogen (secondary N) is 1. The summed E-state index contributed by atoms with van der Waals surface area (Å²) in [5.41, 5.74) is 4.86. The number of carbonyl (C=O) groups is 1. The van der Waals surface area contributed by atoms with Crippen molar-refractivity contribution in [3.8, 4) is 0 Å². The molecule has 2 aromatic heterocycles. The Morgan fingerprint density at radius 3 is 3.05 bits per heavy atom. The molecule has 1 aliphatic rings. The number of carboxylic acids is 1. The Balaban J connectivity index is 1.94. The van der Waals surface area contributed by atoms with E-state index in [4.69, 9.17) is 5.11 Å². The van der Waals surface area contributed by atoms with Crippen molar-refractivity contribution in [3.05, 3.63) is 42.1 Å². The summed E-state index contributed by atoms with van der Waals surface area (Å²) < 4.78 is 2.04. The lowest BCUT2D eigenvalue weighted by Crippen LogP contribution is -2.29. The number of nitrogens with zero attached hydrogens (tertiary/aromatic N) is 2. The molecule has 0 saturated heterocycles. The van der Waals surface area contributed by atoms with Crippen molar-refractivity contribution in [1.82, 2.24) is 9.38 Å². The van der Waals surface area contributed by atoms with Gasteiger partial charge in [-0.15, -0.1) is 0 Å². The van der Waals surface area contributed by atoms with Gasteiger partial charge in [-0.05, 0) is 30.2 Å². The van der Waals surface area contributed by atoms with E-state index in [2.05, 4.69) is 10.3 Å². The topological polar surface area (TPSA) is 66.6 Å². The number of benzene rings is 1. The first-order valence-corrected chi connectivity index (χ1v) is 6.59. The van der Waals surface area contributed by atoms with Crippen LogP contribution in [0.4, 0.5) is 5.69 Å². The molecule has 0 amide bonds. The second kappa shape index (κ2) is 3.96. The number of carboxylic acid groups (broad SMARTS) is 1. The number of imidazole rings is 1. The van der Waals surface area contributed by atoms with Crippen LogP contribution >= 0.6 is 0 Å². The molecule has 4 rings (SSSR count). The summed E-state index contributed by atoms with van der Waals surface area (Å²) in [6.07, 6.45) is 2.52. The fraction of sp³-hybridized carbons (Fsp3) is 0.200. The maximum absolute atomic E-state index is 11.1. The van der Waals surface area contributed by atoms with E-state index < -0.39 is 5.97 Å². The first-order valence-electron chi connectivity index (χ1n) is 6.59. The largest absolute Gasteiger partial charge is 0.481 e. The van der Waals surface area contributed by atoms with Gasteiger partial charge in [-0.25, -0.2) is 4.98 Å². The average Bonchev–Trinajstić information content (AvgIpc) is 2.85. The number of pyridine rings is 1. The Labute approximate surface area is 114 Å². The first-order chi connectivity index (χ1) is 9.74. The summed E-state index contributed by atoms with van der Waals surface area (Å²) in [6.45, 7) is 0.450. The van der Waals surface area contributed by atoms with E-state index in [1.807, 2.05) is 40.9 Å². The van der Waals surface area contributed by atoms with Gasteiger partial charge in [0.1, 0.15) is 0 Å². The summed E-state index contributed by atoms with van der Waals surface area (Å²) in [6, 6.07) is 9.96. The Morgan fingerprint density at radius 2 is 2.20 bits per heavy atom. The Bertz CT molecular complexity index is 838. The van der Waals surface area contributed by atoms with Crippen LogP contribution in [0.1, 0.15) is 5.56 Å². The third kappa shape index (κ3) is 1.49. The fourth-order valence-electron chi connectivity index (χ4n) is 2.86. The minimum atomic E-state index is -0.753. The third-order valence-electron chi connectivity index (χ3n) is 3.91. The zero-order valence-electron chi connectivity index (χ0n) is 10.7. The van der Waals surface area contributed by atoms with Gasteiger partial charge >= 0.3 is 5.97 Å². The zero-order valence-corrected chi connectivity index (χ0v) is 10.7. The molecule has 3 heterocycles. The third-order valence-corrected chi connectivity index (χ3v) is 3.91. The van der Waals surface area contributed by atoms with Crippen molar-refractivity contribution in [2.75, 3.05) is 11.9 Å². The highest BCUT2D eigenvalue weighted by Gasteiger charge is 2.26. The molecule has 20 heavy (non-hydrogen) atoms. The van der Waals surface area contributed by atoms with E-state index in [9.17, 15) is 4.79 Å². The molecule has 1 aliphatic heterocycles. The molecular formula is C15H13N3O2. The second-order valence-corrected chi connectivity index (χ2v) is 5.13. The van der Waals surface area contributed by atoms with Crippen LogP contribution in [0.5, 0.6) is 0 Å². The van der Waals surface area contributed by atoms with Crippen LogP contribution in [0.2, 0.25) is 0 Å². The van der Waals surface area contributed by atoms with Crippen LogP contribution in [0, 0.1) is 5.92 Å². The maximum Gasteiger partial charge on any atom is 0.308 e. The van der Waals surface area contributed by atoms with Crippen molar-refractivity contribution in [3.63, 3.8) is 0 Å². The van der Waals surface area contributed by atoms with E-state index in [0.29, 0.717) is 13.0 Å².